The first-order valence-corrected chi connectivity index (χ1v) is 13.0. The van der Waals surface area contributed by atoms with Crippen molar-refractivity contribution in [3.63, 3.8) is 0 Å². The molecule has 0 aliphatic carbocycles. The summed E-state index contributed by atoms with van der Waals surface area (Å²) in [6.45, 7) is 3.14. The third-order valence-corrected chi connectivity index (χ3v) is 6.46. The van der Waals surface area contributed by atoms with Crippen molar-refractivity contribution in [3.8, 4) is 11.5 Å². The van der Waals surface area contributed by atoms with Crippen molar-refractivity contribution in [2.75, 3.05) is 40.0 Å². The average molecular weight is 499 g/mol. The highest BCUT2D eigenvalue weighted by atomic mass is 19.1. The van der Waals surface area contributed by atoms with Gasteiger partial charge >= 0.3 is 0 Å². The second-order valence-electron chi connectivity index (χ2n) is 9.37. The predicted molar refractivity (Wildman–Crippen MR) is 140 cm³/mol. The molecule has 0 bridgehead atoms. The van der Waals surface area contributed by atoms with E-state index in [9.17, 15) is 14.0 Å². The molecule has 1 N–H and O–H groups in total. The Labute approximate surface area is 214 Å². The fourth-order valence-electron chi connectivity index (χ4n) is 4.46. The molecule has 2 aromatic carbocycles. The van der Waals surface area contributed by atoms with Gasteiger partial charge in [0.05, 0.1) is 20.4 Å². The van der Waals surface area contributed by atoms with Gasteiger partial charge in [0, 0.05) is 31.0 Å². The molecule has 1 amide bonds. The van der Waals surface area contributed by atoms with Crippen LogP contribution >= 0.6 is 0 Å². The maximum absolute atomic E-state index is 12.7. The van der Waals surface area contributed by atoms with E-state index in [1.807, 2.05) is 24.3 Å². The molecule has 1 aliphatic rings. The molecule has 196 valence electrons. The van der Waals surface area contributed by atoms with Crippen molar-refractivity contribution in [1.29, 1.82) is 0 Å². The van der Waals surface area contributed by atoms with E-state index in [0.717, 1.165) is 37.4 Å². The molecule has 0 unspecified atom stereocenters. The highest BCUT2D eigenvalue weighted by Crippen LogP contribution is 2.17. The zero-order valence-corrected chi connectivity index (χ0v) is 21.3. The van der Waals surface area contributed by atoms with Gasteiger partial charge < -0.3 is 19.7 Å². The van der Waals surface area contributed by atoms with Crippen LogP contribution in [-0.4, -0.2) is 62.7 Å². The molecule has 0 spiro atoms. The molecular formula is C29H39FN2O4. The van der Waals surface area contributed by atoms with Crippen LogP contribution in [0.1, 0.15) is 60.9 Å². The topological polar surface area (TPSA) is 67.9 Å². The van der Waals surface area contributed by atoms with Gasteiger partial charge in [-0.1, -0.05) is 12.1 Å². The van der Waals surface area contributed by atoms with Crippen LogP contribution in [0.4, 0.5) is 4.39 Å². The van der Waals surface area contributed by atoms with E-state index in [4.69, 9.17) is 9.47 Å². The maximum Gasteiger partial charge on any atom is 0.220 e. The fraction of sp³-hybridized carbons (Fsp3) is 0.517. The number of methoxy groups -OCH3 is 1. The largest absolute Gasteiger partial charge is 0.497 e. The molecule has 1 atom stereocenters. The first kappa shape index (κ1) is 27.7. The molecular weight excluding hydrogens is 459 g/mol. The van der Waals surface area contributed by atoms with Crippen molar-refractivity contribution in [1.82, 2.24) is 10.2 Å². The zero-order valence-electron chi connectivity index (χ0n) is 21.3. The average Bonchev–Trinajstić information content (AvgIpc) is 3.40. The van der Waals surface area contributed by atoms with Crippen LogP contribution < -0.4 is 14.8 Å². The van der Waals surface area contributed by atoms with Crippen LogP contribution in [0.5, 0.6) is 11.5 Å². The van der Waals surface area contributed by atoms with Crippen LogP contribution in [0.25, 0.3) is 0 Å². The van der Waals surface area contributed by atoms with E-state index in [2.05, 4.69) is 10.2 Å². The lowest BCUT2D eigenvalue weighted by molar-refractivity contribution is -0.122. The van der Waals surface area contributed by atoms with Crippen LogP contribution in [0.3, 0.4) is 0 Å². The first-order chi connectivity index (χ1) is 17.6. The van der Waals surface area contributed by atoms with Gasteiger partial charge in [0.2, 0.25) is 5.91 Å². The number of nitrogens with one attached hydrogen (secondary N) is 1. The first-order valence-electron chi connectivity index (χ1n) is 13.0. The second-order valence-corrected chi connectivity index (χ2v) is 9.37. The molecule has 0 saturated carbocycles. The standard InChI is InChI=1S/C29H39FN2O4/c1-35-26-15-11-24(12-16-26)28(33)7-6-8-29(34)31-25(22-32-18-3-4-19-32)21-23-9-13-27(14-10-23)36-20-5-2-17-30/h9-16,25H,2-8,17-22H2,1H3,(H,31,34)/t25-/m0/s1. The summed E-state index contributed by atoms with van der Waals surface area (Å²) in [5.41, 5.74) is 1.77. The van der Waals surface area contributed by atoms with Crippen molar-refractivity contribution in [2.45, 2.75) is 57.4 Å². The number of unbranched alkanes of at least 4 members (excludes halogenated alkanes) is 1. The third kappa shape index (κ3) is 9.61. The van der Waals surface area contributed by atoms with E-state index in [0.29, 0.717) is 50.0 Å². The number of rotatable bonds is 16. The van der Waals surface area contributed by atoms with Crippen LogP contribution in [-0.2, 0) is 11.2 Å². The Hall–Kier alpha value is -2.93. The monoisotopic (exact) mass is 498 g/mol. The van der Waals surface area contributed by atoms with E-state index in [1.165, 1.54) is 12.8 Å². The second kappa shape index (κ2) is 15.2. The normalized spacial score (nSPS) is 14.4. The molecule has 36 heavy (non-hydrogen) atoms. The van der Waals surface area contributed by atoms with Crippen molar-refractivity contribution >= 4 is 11.7 Å². The van der Waals surface area contributed by atoms with Crippen molar-refractivity contribution < 1.29 is 23.5 Å². The van der Waals surface area contributed by atoms with Gasteiger partial charge in [-0.25, -0.2) is 0 Å². The van der Waals surface area contributed by atoms with Gasteiger partial charge in [0.25, 0.3) is 0 Å². The molecule has 2 aromatic rings. The number of alkyl halides is 1. The van der Waals surface area contributed by atoms with E-state index in [1.54, 1.807) is 31.4 Å². The van der Waals surface area contributed by atoms with Crippen molar-refractivity contribution in [3.05, 3.63) is 59.7 Å². The molecule has 6 nitrogen and oxygen atoms in total. The number of ketones is 1. The number of hydrogen-bond acceptors (Lipinski definition) is 5. The zero-order chi connectivity index (χ0) is 25.6. The van der Waals surface area contributed by atoms with Gasteiger partial charge in [-0.3, -0.25) is 14.0 Å². The number of nitrogens with zero attached hydrogens (tertiary/aromatic N) is 1. The summed E-state index contributed by atoms with van der Waals surface area (Å²) in [6.07, 6.45) is 5.52. The minimum absolute atomic E-state index is 0.00390. The Kier molecular flexibility index (Phi) is 11.7. The van der Waals surface area contributed by atoms with Gasteiger partial charge in [-0.05, 0) is 93.6 Å². The summed E-state index contributed by atoms with van der Waals surface area (Å²) in [6, 6.07) is 15.0. The lowest BCUT2D eigenvalue weighted by Crippen LogP contribution is -2.44. The Morgan fingerprint density at radius 2 is 1.64 bits per heavy atom. The fourth-order valence-corrected chi connectivity index (χ4v) is 4.46. The predicted octanol–water partition coefficient (Wildman–Crippen LogP) is 5.00. The van der Waals surface area contributed by atoms with Gasteiger partial charge in [-0.15, -0.1) is 0 Å². The number of carbonyl (C=O) groups is 2. The minimum Gasteiger partial charge on any atom is -0.497 e. The lowest BCUT2D eigenvalue weighted by atomic mass is 10.0. The summed E-state index contributed by atoms with van der Waals surface area (Å²) in [5.74, 6) is 1.51. The summed E-state index contributed by atoms with van der Waals surface area (Å²) >= 11 is 0. The van der Waals surface area contributed by atoms with Crippen LogP contribution in [0.2, 0.25) is 0 Å². The summed E-state index contributed by atoms with van der Waals surface area (Å²) in [7, 11) is 1.59. The Morgan fingerprint density at radius 1 is 0.944 bits per heavy atom. The van der Waals surface area contributed by atoms with Gasteiger partial charge in [0.15, 0.2) is 5.78 Å². The lowest BCUT2D eigenvalue weighted by Gasteiger charge is -2.25. The highest BCUT2D eigenvalue weighted by molar-refractivity contribution is 5.96. The molecule has 3 rings (SSSR count). The number of halogens is 1. The molecule has 1 aliphatic heterocycles. The molecule has 0 radical (unpaired) electrons. The number of hydrogen-bond donors (Lipinski definition) is 1. The number of benzene rings is 2. The number of ether oxygens (including phenoxy) is 2. The SMILES string of the molecule is COc1ccc(C(=O)CCCC(=O)N[C@@H](Cc2ccc(OCCCCF)cc2)CN2CCCC2)cc1. The molecule has 7 heteroatoms. The van der Waals surface area contributed by atoms with Gasteiger partial charge in [0.1, 0.15) is 11.5 Å². The molecule has 1 heterocycles. The quantitative estimate of drug-likeness (QED) is 0.261. The number of carbonyl (C=O) groups excluding carboxylic acids is 2. The Morgan fingerprint density at radius 3 is 2.31 bits per heavy atom. The highest BCUT2D eigenvalue weighted by Gasteiger charge is 2.20. The number of amides is 1. The van der Waals surface area contributed by atoms with E-state index in [-0.39, 0.29) is 24.4 Å². The summed E-state index contributed by atoms with van der Waals surface area (Å²) in [4.78, 5) is 27.6. The summed E-state index contributed by atoms with van der Waals surface area (Å²) < 4.78 is 23.0. The van der Waals surface area contributed by atoms with Crippen LogP contribution in [0.15, 0.2) is 48.5 Å². The molecule has 0 aromatic heterocycles. The van der Waals surface area contributed by atoms with Crippen molar-refractivity contribution in [2.24, 2.45) is 0 Å². The number of likely N-dealkylation sites (tertiary alicyclic amines) is 1. The Balaban J connectivity index is 1.47. The minimum atomic E-state index is -0.314. The molecule has 1 saturated heterocycles. The third-order valence-electron chi connectivity index (χ3n) is 6.46. The van der Waals surface area contributed by atoms with E-state index >= 15 is 0 Å². The molecule has 1 fully saturated rings. The van der Waals surface area contributed by atoms with E-state index < -0.39 is 0 Å². The summed E-state index contributed by atoms with van der Waals surface area (Å²) in [5, 5.41) is 3.21. The number of Topliss-reactive ketones (excluding diaryl/α,β-unsaturated/α-hetero) is 1. The van der Waals surface area contributed by atoms with Gasteiger partial charge in [-0.2, -0.15) is 0 Å². The maximum atomic E-state index is 12.7. The van der Waals surface area contributed by atoms with Crippen LogP contribution in [0, 0.1) is 0 Å². The Bertz CT molecular complexity index is 927. The smallest absolute Gasteiger partial charge is 0.220 e.